The normalized spacial score (nSPS) is 11.6. The van der Waals surface area contributed by atoms with Crippen LogP contribution in [-0.2, 0) is 14.8 Å². The molecule has 2 aromatic carbocycles. The second-order valence-corrected chi connectivity index (χ2v) is 7.63. The number of nitrogens with zero attached hydrogens (tertiary/aromatic N) is 1. The summed E-state index contributed by atoms with van der Waals surface area (Å²) in [5.74, 6) is -2.97. The Balaban J connectivity index is 2.28. The first kappa shape index (κ1) is 20.0. The lowest BCUT2D eigenvalue weighted by molar-refractivity contribution is -0.116. The van der Waals surface area contributed by atoms with Crippen molar-refractivity contribution in [3.8, 4) is 0 Å². The Labute approximate surface area is 151 Å². The fourth-order valence-corrected chi connectivity index (χ4v) is 4.05. The Bertz CT molecular complexity index is 881. The molecule has 0 spiro atoms. The second-order valence-electron chi connectivity index (χ2n) is 5.75. The zero-order valence-electron chi connectivity index (χ0n) is 14.5. The predicted molar refractivity (Wildman–Crippen MR) is 95.2 cm³/mol. The van der Waals surface area contributed by atoms with E-state index in [9.17, 15) is 22.0 Å². The molecule has 0 atom stereocenters. The third-order valence-corrected chi connectivity index (χ3v) is 5.63. The highest BCUT2D eigenvalue weighted by Crippen LogP contribution is 2.23. The molecule has 2 aromatic rings. The summed E-state index contributed by atoms with van der Waals surface area (Å²) in [4.78, 5) is 11.2. The molecule has 0 unspecified atom stereocenters. The van der Waals surface area contributed by atoms with Gasteiger partial charge >= 0.3 is 0 Å². The van der Waals surface area contributed by atoms with Crippen molar-refractivity contribution in [2.24, 2.45) is 0 Å². The van der Waals surface area contributed by atoms with Crippen LogP contribution in [0.4, 0.5) is 14.5 Å². The minimum atomic E-state index is -4.50. The van der Waals surface area contributed by atoms with Crippen LogP contribution in [0.25, 0.3) is 0 Å². The number of nitrogens with one attached hydrogen (secondary N) is 1. The average molecular weight is 382 g/mol. The molecule has 0 saturated carbocycles. The summed E-state index contributed by atoms with van der Waals surface area (Å²) in [6.07, 6.45) is 0.382. The molecule has 8 heteroatoms. The van der Waals surface area contributed by atoms with Gasteiger partial charge in [-0.25, -0.2) is 17.2 Å². The summed E-state index contributed by atoms with van der Waals surface area (Å²) in [6, 6.07) is 9.84. The largest absolute Gasteiger partial charge is 0.325 e. The van der Waals surface area contributed by atoms with Gasteiger partial charge in [0.25, 0.3) is 0 Å². The first-order valence-electron chi connectivity index (χ1n) is 8.07. The maximum Gasteiger partial charge on any atom is 0.249 e. The number of para-hydroxylation sites is 1. The number of carbonyl (C=O) groups is 1. The van der Waals surface area contributed by atoms with Crippen molar-refractivity contribution >= 4 is 21.6 Å². The van der Waals surface area contributed by atoms with Gasteiger partial charge in [-0.1, -0.05) is 31.2 Å². The molecular formula is C18H20F2N2O3S. The molecule has 0 aliphatic heterocycles. The number of hydrogen-bond donors (Lipinski definition) is 1. The lowest BCUT2D eigenvalue weighted by Crippen LogP contribution is -2.39. The van der Waals surface area contributed by atoms with Gasteiger partial charge in [-0.15, -0.1) is 0 Å². The number of sulfonamides is 1. The number of anilines is 1. The lowest BCUT2D eigenvalue weighted by atomic mass is 10.2. The fraction of sp³-hybridized carbons (Fsp3) is 0.278. The summed E-state index contributed by atoms with van der Waals surface area (Å²) in [7, 11) is -4.50. The van der Waals surface area contributed by atoms with Crippen LogP contribution < -0.4 is 5.32 Å². The predicted octanol–water partition coefficient (Wildman–Crippen LogP) is 3.31. The summed E-state index contributed by atoms with van der Waals surface area (Å²) in [5, 5.41) is 2.62. The van der Waals surface area contributed by atoms with Gasteiger partial charge in [0.2, 0.25) is 15.9 Å². The Hall–Kier alpha value is -2.32. The summed E-state index contributed by atoms with van der Waals surface area (Å²) < 4.78 is 54.0. The summed E-state index contributed by atoms with van der Waals surface area (Å²) in [6.45, 7) is 2.92. The van der Waals surface area contributed by atoms with Gasteiger partial charge in [0.15, 0.2) is 4.90 Å². The Morgan fingerprint density at radius 3 is 2.27 bits per heavy atom. The monoisotopic (exact) mass is 382 g/mol. The van der Waals surface area contributed by atoms with Crippen molar-refractivity contribution in [1.29, 1.82) is 0 Å². The summed E-state index contributed by atoms with van der Waals surface area (Å²) >= 11 is 0. The molecule has 0 saturated heterocycles. The van der Waals surface area contributed by atoms with E-state index in [-0.39, 0.29) is 6.54 Å². The zero-order chi connectivity index (χ0) is 19.3. The Morgan fingerprint density at radius 2 is 1.69 bits per heavy atom. The molecule has 2 rings (SSSR count). The van der Waals surface area contributed by atoms with Crippen LogP contribution in [0.1, 0.15) is 18.9 Å². The molecule has 0 aromatic heterocycles. The van der Waals surface area contributed by atoms with Crippen molar-refractivity contribution in [1.82, 2.24) is 4.31 Å². The molecule has 5 nitrogen and oxygen atoms in total. The maximum atomic E-state index is 13.9. The van der Waals surface area contributed by atoms with Crippen LogP contribution in [0.2, 0.25) is 0 Å². The molecule has 0 heterocycles. The van der Waals surface area contributed by atoms with E-state index >= 15 is 0 Å². The molecular weight excluding hydrogens is 362 g/mol. The van der Waals surface area contributed by atoms with Crippen LogP contribution in [0.15, 0.2) is 47.4 Å². The molecule has 0 aliphatic rings. The molecule has 26 heavy (non-hydrogen) atoms. The smallest absolute Gasteiger partial charge is 0.249 e. The van der Waals surface area contributed by atoms with Crippen LogP contribution in [0.5, 0.6) is 0 Å². The van der Waals surface area contributed by atoms with Gasteiger partial charge in [-0.3, -0.25) is 4.79 Å². The van der Waals surface area contributed by atoms with Gasteiger partial charge < -0.3 is 5.32 Å². The van der Waals surface area contributed by atoms with E-state index in [1.54, 1.807) is 38.1 Å². The fourth-order valence-electron chi connectivity index (χ4n) is 2.45. The number of benzene rings is 2. The van der Waals surface area contributed by atoms with Crippen LogP contribution in [-0.4, -0.2) is 31.7 Å². The first-order valence-corrected chi connectivity index (χ1v) is 9.51. The number of hydrogen-bond acceptors (Lipinski definition) is 3. The van der Waals surface area contributed by atoms with E-state index in [1.807, 2.05) is 0 Å². The van der Waals surface area contributed by atoms with Crippen LogP contribution >= 0.6 is 0 Å². The highest BCUT2D eigenvalue weighted by atomic mass is 32.2. The zero-order valence-corrected chi connectivity index (χ0v) is 15.3. The number of halogens is 2. The van der Waals surface area contributed by atoms with Gasteiger partial charge in [-0.05, 0) is 37.1 Å². The van der Waals surface area contributed by atoms with Gasteiger partial charge in [-0.2, -0.15) is 4.31 Å². The molecule has 0 radical (unpaired) electrons. The van der Waals surface area contributed by atoms with Crippen LogP contribution in [0.3, 0.4) is 0 Å². The van der Waals surface area contributed by atoms with E-state index in [0.717, 1.165) is 28.1 Å². The molecule has 0 aliphatic carbocycles. The number of aryl methyl sites for hydroxylation is 1. The van der Waals surface area contributed by atoms with E-state index in [0.29, 0.717) is 12.1 Å². The van der Waals surface area contributed by atoms with E-state index in [4.69, 9.17) is 0 Å². The Morgan fingerprint density at radius 1 is 1.08 bits per heavy atom. The molecule has 1 amide bonds. The lowest BCUT2D eigenvalue weighted by Gasteiger charge is -2.22. The average Bonchev–Trinajstić information content (AvgIpc) is 2.56. The standard InChI is InChI=1S/C18H20F2N2O3S/c1-3-11-22(12-17(23)21-16-10-5-4-7-13(16)2)26(24,25)18-14(19)8-6-9-15(18)20/h4-10H,3,11-12H2,1-2H3,(H,21,23). The first-order chi connectivity index (χ1) is 12.3. The molecule has 0 bridgehead atoms. The number of carbonyl (C=O) groups excluding carboxylic acids is 1. The van der Waals surface area contributed by atoms with E-state index in [2.05, 4.69) is 5.32 Å². The van der Waals surface area contributed by atoms with Crippen molar-refractivity contribution in [3.05, 3.63) is 59.7 Å². The number of rotatable bonds is 7. The van der Waals surface area contributed by atoms with Crippen molar-refractivity contribution in [2.45, 2.75) is 25.2 Å². The van der Waals surface area contributed by atoms with E-state index in [1.165, 1.54) is 0 Å². The molecule has 1 N–H and O–H groups in total. The van der Waals surface area contributed by atoms with Gasteiger partial charge in [0.05, 0.1) is 6.54 Å². The third-order valence-electron chi connectivity index (χ3n) is 3.73. The van der Waals surface area contributed by atoms with Gasteiger partial charge in [0, 0.05) is 12.2 Å². The minimum Gasteiger partial charge on any atom is -0.325 e. The summed E-state index contributed by atoms with van der Waals surface area (Å²) in [5.41, 5.74) is 1.36. The number of amides is 1. The highest BCUT2D eigenvalue weighted by Gasteiger charge is 2.31. The third kappa shape index (κ3) is 4.44. The quantitative estimate of drug-likeness (QED) is 0.799. The van der Waals surface area contributed by atoms with Gasteiger partial charge in [0.1, 0.15) is 11.6 Å². The van der Waals surface area contributed by atoms with Crippen molar-refractivity contribution < 1.29 is 22.0 Å². The Kier molecular flexibility index (Phi) is 6.44. The van der Waals surface area contributed by atoms with Crippen molar-refractivity contribution in [2.75, 3.05) is 18.4 Å². The second kappa shape index (κ2) is 8.37. The van der Waals surface area contributed by atoms with E-state index < -0.39 is 39.0 Å². The SMILES string of the molecule is CCCN(CC(=O)Nc1ccccc1C)S(=O)(=O)c1c(F)cccc1F. The van der Waals surface area contributed by atoms with Crippen molar-refractivity contribution in [3.63, 3.8) is 0 Å². The minimum absolute atomic E-state index is 0.0443. The maximum absolute atomic E-state index is 13.9. The highest BCUT2D eigenvalue weighted by molar-refractivity contribution is 7.89. The topological polar surface area (TPSA) is 66.5 Å². The molecule has 0 fully saturated rings. The van der Waals surface area contributed by atoms with Crippen LogP contribution in [0, 0.1) is 18.6 Å². The molecule has 140 valence electrons.